The molecule has 18 heavy (non-hydrogen) atoms. The lowest BCUT2D eigenvalue weighted by atomic mass is 10.2. The molecule has 1 amide bonds. The van der Waals surface area contributed by atoms with Crippen molar-refractivity contribution in [2.45, 2.75) is 12.3 Å². The molecule has 0 saturated heterocycles. The molecule has 0 radical (unpaired) electrons. The fourth-order valence-corrected chi connectivity index (χ4v) is 2.10. The summed E-state index contributed by atoms with van der Waals surface area (Å²) in [7, 11) is 1.80. The molecule has 0 bridgehead atoms. The predicted octanol–water partition coefficient (Wildman–Crippen LogP) is 2.88. The third-order valence-corrected chi connectivity index (χ3v) is 3.24. The highest BCUT2D eigenvalue weighted by atomic mass is 79.9. The number of hydrogen-bond acceptors (Lipinski definition) is 2. The Balaban J connectivity index is 2.18. The molecule has 1 aromatic heterocycles. The van der Waals surface area contributed by atoms with Crippen LogP contribution in [0.4, 0.5) is 5.69 Å². The van der Waals surface area contributed by atoms with Gasteiger partial charge in [-0.2, -0.15) is 5.10 Å². The molecule has 0 aliphatic heterocycles. The van der Waals surface area contributed by atoms with Gasteiger partial charge in [-0.1, -0.05) is 28.1 Å². The number of carbonyl (C=O) groups excluding carboxylic acids is 1. The molecule has 1 aromatic carbocycles. The van der Waals surface area contributed by atoms with Crippen LogP contribution in [0.1, 0.15) is 21.6 Å². The van der Waals surface area contributed by atoms with Gasteiger partial charge in [0.2, 0.25) is 0 Å². The third kappa shape index (κ3) is 2.79. The highest BCUT2D eigenvalue weighted by Crippen LogP contribution is 2.15. The summed E-state index contributed by atoms with van der Waals surface area (Å²) in [5.41, 5.74) is 3.24. The molecule has 5 heteroatoms. The number of alkyl halides is 1. The maximum Gasteiger partial charge on any atom is 0.259 e. The van der Waals surface area contributed by atoms with E-state index in [-0.39, 0.29) is 5.91 Å². The molecule has 0 fully saturated rings. The van der Waals surface area contributed by atoms with Crippen LogP contribution >= 0.6 is 15.9 Å². The summed E-state index contributed by atoms with van der Waals surface area (Å²) in [5, 5.41) is 7.80. The number of amides is 1. The lowest BCUT2D eigenvalue weighted by Gasteiger charge is -2.05. The van der Waals surface area contributed by atoms with E-state index in [0.29, 0.717) is 5.56 Å². The van der Waals surface area contributed by atoms with Gasteiger partial charge in [-0.3, -0.25) is 9.48 Å². The van der Waals surface area contributed by atoms with Crippen molar-refractivity contribution in [2.75, 3.05) is 5.32 Å². The quantitative estimate of drug-likeness (QED) is 0.886. The molecule has 0 saturated carbocycles. The summed E-state index contributed by atoms with van der Waals surface area (Å²) in [6, 6.07) is 7.73. The van der Waals surface area contributed by atoms with Crippen LogP contribution in [-0.4, -0.2) is 15.7 Å². The molecule has 4 nitrogen and oxygen atoms in total. The second-order valence-electron chi connectivity index (χ2n) is 4.09. The van der Waals surface area contributed by atoms with Crippen LogP contribution in [0.25, 0.3) is 0 Å². The predicted molar refractivity (Wildman–Crippen MR) is 75.0 cm³/mol. The number of carbonyl (C=O) groups is 1. The van der Waals surface area contributed by atoms with Gasteiger partial charge in [0.15, 0.2) is 0 Å². The number of nitrogens with zero attached hydrogens (tertiary/aromatic N) is 2. The average Bonchev–Trinajstić information content (AvgIpc) is 2.69. The van der Waals surface area contributed by atoms with Crippen LogP contribution in [0.5, 0.6) is 0 Å². The molecule has 0 aliphatic carbocycles. The number of rotatable bonds is 3. The van der Waals surface area contributed by atoms with Crippen molar-refractivity contribution in [1.29, 1.82) is 0 Å². The van der Waals surface area contributed by atoms with Crippen LogP contribution in [0.3, 0.4) is 0 Å². The summed E-state index contributed by atoms with van der Waals surface area (Å²) in [4.78, 5) is 12.1. The molecule has 1 heterocycles. The molecule has 94 valence electrons. The topological polar surface area (TPSA) is 46.9 Å². The number of halogens is 1. The number of aromatic nitrogens is 2. The Labute approximate surface area is 114 Å². The first-order valence-corrected chi connectivity index (χ1v) is 6.69. The van der Waals surface area contributed by atoms with Crippen molar-refractivity contribution in [1.82, 2.24) is 9.78 Å². The van der Waals surface area contributed by atoms with Gasteiger partial charge in [-0.25, -0.2) is 0 Å². The zero-order valence-corrected chi connectivity index (χ0v) is 11.9. The van der Waals surface area contributed by atoms with Crippen LogP contribution in [0.15, 0.2) is 30.5 Å². The smallest absolute Gasteiger partial charge is 0.259 e. The number of aryl methyl sites for hydroxylation is 2. The van der Waals surface area contributed by atoms with Gasteiger partial charge in [0, 0.05) is 24.3 Å². The first kappa shape index (κ1) is 12.8. The first-order chi connectivity index (χ1) is 8.60. The Kier molecular flexibility index (Phi) is 3.81. The largest absolute Gasteiger partial charge is 0.322 e. The molecule has 1 N–H and O–H groups in total. The highest BCUT2D eigenvalue weighted by Gasteiger charge is 2.12. The lowest BCUT2D eigenvalue weighted by Crippen LogP contribution is -2.12. The summed E-state index contributed by atoms with van der Waals surface area (Å²) >= 11 is 3.39. The van der Waals surface area contributed by atoms with E-state index in [1.165, 1.54) is 0 Å². The van der Waals surface area contributed by atoms with Gasteiger partial charge in [0.05, 0.1) is 11.3 Å². The third-order valence-electron chi connectivity index (χ3n) is 2.60. The van der Waals surface area contributed by atoms with Crippen molar-refractivity contribution >= 4 is 27.5 Å². The SMILES string of the molecule is Cc1nn(C)cc1C(=O)Nc1cccc(CBr)c1. The average molecular weight is 308 g/mol. The minimum atomic E-state index is -0.132. The number of hydrogen-bond donors (Lipinski definition) is 1. The monoisotopic (exact) mass is 307 g/mol. The van der Waals surface area contributed by atoms with Crippen LogP contribution in [0.2, 0.25) is 0 Å². The van der Waals surface area contributed by atoms with Gasteiger partial charge in [-0.15, -0.1) is 0 Å². The van der Waals surface area contributed by atoms with Gasteiger partial charge < -0.3 is 5.32 Å². The number of benzene rings is 1. The summed E-state index contributed by atoms with van der Waals surface area (Å²) in [5.74, 6) is -0.132. The zero-order valence-electron chi connectivity index (χ0n) is 10.3. The Hall–Kier alpha value is -1.62. The maximum absolute atomic E-state index is 12.1. The van der Waals surface area contributed by atoms with E-state index >= 15 is 0 Å². The molecular weight excluding hydrogens is 294 g/mol. The van der Waals surface area contributed by atoms with E-state index in [9.17, 15) is 4.79 Å². The first-order valence-electron chi connectivity index (χ1n) is 5.56. The van der Waals surface area contributed by atoms with Gasteiger partial charge in [0.1, 0.15) is 0 Å². The van der Waals surface area contributed by atoms with Crippen molar-refractivity contribution in [3.63, 3.8) is 0 Å². The number of nitrogens with one attached hydrogen (secondary N) is 1. The Morgan fingerprint density at radius 2 is 2.28 bits per heavy atom. The van der Waals surface area contributed by atoms with Gasteiger partial charge in [0.25, 0.3) is 5.91 Å². The van der Waals surface area contributed by atoms with E-state index < -0.39 is 0 Å². The van der Waals surface area contributed by atoms with Crippen LogP contribution in [-0.2, 0) is 12.4 Å². The zero-order chi connectivity index (χ0) is 13.1. The van der Waals surface area contributed by atoms with E-state index in [4.69, 9.17) is 0 Å². The fraction of sp³-hybridized carbons (Fsp3) is 0.231. The molecule has 0 atom stereocenters. The minimum Gasteiger partial charge on any atom is -0.322 e. The second kappa shape index (κ2) is 5.35. The van der Waals surface area contributed by atoms with E-state index in [1.807, 2.05) is 31.2 Å². The normalized spacial score (nSPS) is 10.4. The molecule has 2 rings (SSSR count). The van der Waals surface area contributed by atoms with E-state index in [0.717, 1.165) is 22.3 Å². The van der Waals surface area contributed by atoms with Gasteiger partial charge >= 0.3 is 0 Å². The van der Waals surface area contributed by atoms with Crippen molar-refractivity contribution in [2.24, 2.45) is 7.05 Å². The molecular formula is C13H14BrN3O. The molecule has 2 aromatic rings. The van der Waals surface area contributed by atoms with Crippen molar-refractivity contribution in [3.05, 3.63) is 47.3 Å². The lowest BCUT2D eigenvalue weighted by molar-refractivity contribution is 0.102. The van der Waals surface area contributed by atoms with E-state index in [1.54, 1.807) is 17.9 Å². The Morgan fingerprint density at radius 1 is 1.50 bits per heavy atom. The van der Waals surface area contributed by atoms with Crippen LogP contribution < -0.4 is 5.32 Å². The van der Waals surface area contributed by atoms with Crippen molar-refractivity contribution in [3.8, 4) is 0 Å². The van der Waals surface area contributed by atoms with Crippen molar-refractivity contribution < 1.29 is 4.79 Å². The summed E-state index contributed by atoms with van der Waals surface area (Å²) in [6.07, 6.45) is 1.72. The van der Waals surface area contributed by atoms with Crippen LogP contribution in [0, 0.1) is 6.92 Å². The molecule has 0 aliphatic rings. The van der Waals surface area contributed by atoms with Gasteiger partial charge in [-0.05, 0) is 24.6 Å². The summed E-state index contributed by atoms with van der Waals surface area (Å²) < 4.78 is 1.64. The van der Waals surface area contributed by atoms with E-state index in [2.05, 4.69) is 26.3 Å². The molecule has 0 spiro atoms. The fourth-order valence-electron chi connectivity index (χ4n) is 1.75. The maximum atomic E-state index is 12.1. The summed E-state index contributed by atoms with van der Waals surface area (Å²) in [6.45, 7) is 1.82. The number of anilines is 1. The minimum absolute atomic E-state index is 0.132. The Bertz CT molecular complexity index is 577. The highest BCUT2D eigenvalue weighted by molar-refractivity contribution is 9.08. The molecule has 0 unspecified atom stereocenters. The Morgan fingerprint density at radius 3 is 2.89 bits per heavy atom. The second-order valence-corrected chi connectivity index (χ2v) is 4.65. The standard InChI is InChI=1S/C13H14BrN3O/c1-9-12(8-17(2)16-9)13(18)15-11-5-3-4-10(6-11)7-14/h3-6,8H,7H2,1-2H3,(H,15,18).